The number of hydrogen-bond acceptors (Lipinski definition) is 1. The average molecular weight is 265 g/mol. The number of pyridine rings is 1. The van der Waals surface area contributed by atoms with E-state index in [9.17, 15) is 0 Å². The minimum Gasteiger partial charge on any atom is -0.265 e. The highest BCUT2D eigenvalue weighted by molar-refractivity contribution is 6.08. The highest BCUT2D eigenvalue weighted by Gasteiger charge is 2.38. The molecule has 20 heavy (non-hydrogen) atoms. The first-order valence-corrected chi connectivity index (χ1v) is 7.16. The molecule has 1 aromatic heterocycles. The zero-order chi connectivity index (χ0) is 14.2. The van der Waals surface area contributed by atoms with Crippen LogP contribution in [-0.2, 0) is 0 Å². The molecular weight excluding hydrogens is 244 g/mol. The summed E-state index contributed by atoms with van der Waals surface area (Å²) in [6.07, 6.45) is 17.3. The second kappa shape index (κ2) is 4.86. The molecule has 1 aliphatic carbocycles. The predicted octanol–water partition coefficient (Wildman–Crippen LogP) is 3.47. The van der Waals surface area contributed by atoms with Crippen molar-refractivity contribution in [2.45, 2.75) is 32.4 Å². The standard InChI is InChI=1S/C18H21N2/c1-18(2,3)20-13-16(14-8-10-19-11-9-14)12-15-6-4-5-7-17(15)20/h4-13,15,17H,1-3H3/q+1. The fourth-order valence-electron chi connectivity index (χ4n) is 2.89. The molecule has 0 N–H and O–H groups in total. The van der Waals surface area contributed by atoms with Crippen LogP contribution in [0.1, 0.15) is 26.3 Å². The van der Waals surface area contributed by atoms with Gasteiger partial charge in [0.1, 0.15) is 0 Å². The Morgan fingerprint density at radius 2 is 1.75 bits per heavy atom. The van der Waals surface area contributed by atoms with Crippen LogP contribution in [0.15, 0.2) is 54.9 Å². The molecular formula is C18H21N2+. The molecule has 0 saturated heterocycles. The number of aromatic nitrogens is 1. The molecule has 0 aromatic carbocycles. The average Bonchev–Trinajstić information content (AvgIpc) is 2.46. The third-order valence-corrected chi connectivity index (χ3v) is 3.91. The molecule has 2 nitrogen and oxygen atoms in total. The Morgan fingerprint density at radius 3 is 2.45 bits per heavy atom. The van der Waals surface area contributed by atoms with Crippen molar-refractivity contribution < 1.29 is 4.58 Å². The number of fused-ring (bicyclic) bond motifs is 1. The fraction of sp³-hybridized carbons (Fsp3) is 0.333. The summed E-state index contributed by atoms with van der Waals surface area (Å²) in [4.78, 5) is 4.11. The SMILES string of the molecule is CC(C)(C)[N+]1=CC(c2ccncc2)=CC2C=CC=CC21. The number of rotatable bonds is 1. The zero-order valence-electron chi connectivity index (χ0n) is 12.3. The molecule has 1 aliphatic heterocycles. The molecule has 102 valence electrons. The van der Waals surface area contributed by atoms with Gasteiger partial charge >= 0.3 is 0 Å². The van der Waals surface area contributed by atoms with E-state index in [1.807, 2.05) is 12.4 Å². The monoisotopic (exact) mass is 265 g/mol. The van der Waals surface area contributed by atoms with Crippen LogP contribution in [0.25, 0.3) is 5.57 Å². The maximum Gasteiger partial charge on any atom is 0.181 e. The van der Waals surface area contributed by atoms with Crippen LogP contribution in [-0.4, -0.2) is 27.4 Å². The smallest absolute Gasteiger partial charge is 0.181 e. The third kappa shape index (κ3) is 2.38. The summed E-state index contributed by atoms with van der Waals surface area (Å²) in [7, 11) is 0. The van der Waals surface area contributed by atoms with E-state index < -0.39 is 0 Å². The van der Waals surface area contributed by atoms with E-state index in [1.165, 1.54) is 11.1 Å². The minimum absolute atomic E-state index is 0.102. The van der Waals surface area contributed by atoms with Crippen molar-refractivity contribution in [3.63, 3.8) is 0 Å². The maximum atomic E-state index is 4.11. The van der Waals surface area contributed by atoms with Gasteiger partial charge in [-0.3, -0.25) is 4.98 Å². The van der Waals surface area contributed by atoms with Crippen molar-refractivity contribution in [2.75, 3.05) is 0 Å². The van der Waals surface area contributed by atoms with Crippen molar-refractivity contribution in [1.29, 1.82) is 0 Å². The molecule has 3 rings (SSSR count). The molecule has 0 fully saturated rings. The summed E-state index contributed by atoms with van der Waals surface area (Å²) in [6.45, 7) is 6.80. The molecule has 0 bridgehead atoms. The summed E-state index contributed by atoms with van der Waals surface area (Å²) in [5.41, 5.74) is 2.62. The Morgan fingerprint density at radius 1 is 1.05 bits per heavy atom. The fourth-order valence-corrected chi connectivity index (χ4v) is 2.89. The highest BCUT2D eigenvalue weighted by atomic mass is 15.1. The van der Waals surface area contributed by atoms with E-state index >= 15 is 0 Å². The lowest BCUT2D eigenvalue weighted by Gasteiger charge is -2.31. The quantitative estimate of drug-likeness (QED) is 0.710. The van der Waals surface area contributed by atoms with Crippen LogP contribution in [0.5, 0.6) is 0 Å². The largest absolute Gasteiger partial charge is 0.265 e. The van der Waals surface area contributed by atoms with E-state index in [0.717, 1.165) is 0 Å². The first-order chi connectivity index (χ1) is 9.55. The van der Waals surface area contributed by atoms with Gasteiger partial charge in [0.15, 0.2) is 17.8 Å². The Balaban J connectivity index is 2.08. The first kappa shape index (κ1) is 13.0. The molecule has 0 amide bonds. The van der Waals surface area contributed by atoms with Crippen LogP contribution in [0, 0.1) is 5.92 Å². The minimum atomic E-state index is 0.102. The Kier molecular flexibility index (Phi) is 3.17. The lowest BCUT2D eigenvalue weighted by Crippen LogP contribution is -2.45. The summed E-state index contributed by atoms with van der Waals surface area (Å²) < 4.78 is 2.47. The molecule has 2 heteroatoms. The lowest BCUT2D eigenvalue weighted by atomic mass is 9.86. The van der Waals surface area contributed by atoms with Gasteiger partial charge in [-0.25, -0.2) is 4.58 Å². The Bertz CT molecular complexity index is 613. The Labute approximate surface area is 120 Å². The zero-order valence-corrected chi connectivity index (χ0v) is 12.3. The molecule has 2 atom stereocenters. The van der Waals surface area contributed by atoms with E-state index in [4.69, 9.17) is 0 Å². The van der Waals surface area contributed by atoms with Crippen molar-refractivity contribution in [2.24, 2.45) is 5.92 Å². The molecule has 2 unspecified atom stereocenters. The van der Waals surface area contributed by atoms with Gasteiger partial charge in [-0.2, -0.15) is 0 Å². The van der Waals surface area contributed by atoms with Crippen molar-refractivity contribution in [3.05, 3.63) is 60.5 Å². The normalized spacial score (nSPS) is 24.9. The lowest BCUT2D eigenvalue weighted by molar-refractivity contribution is -0.620. The summed E-state index contributed by atoms with van der Waals surface area (Å²) in [5.74, 6) is 0.437. The van der Waals surface area contributed by atoms with Gasteiger partial charge in [0.2, 0.25) is 0 Å². The molecule has 0 saturated carbocycles. The predicted molar refractivity (Wildman–Crippen MR) is 83.8 cm³/mol. The van der Waals surface area contributed by atoms with E-state index in [0.29, 0.717) is 12.0 Å². The van der Waals surface area contributed by atoms with Crippen molar-refractivity contribution in [3.8, 4) is 0 Å². The van der Waals surface area contributed by atoms with Gasteiger partial charge in [-0.15, -0.1) is 0 Å². The van der Waals surface area contributed by atoms with Crippen molar-refractivity contribution in [1.82, 2.24) is 4.98 Å². The molecule has 2 heterocycles. The number of nitrogens with zero attached hydrogens (tertiary/aromatic N) is 2. The first-order valence-electron chi connectivity index (χ1n) is 7.16. The molecule has 0 radical (unpaired) electrons. The van der Waals surface area contributed by atoms with Crippen LogP contribution in [0.2, 0.25) is 0 Å². The van der Waals surface area contributed by atoms with Gasteiger partial charge in [0.25, 0.3) is 0 Å². The van der Waals surface area contributed by atoms with Crippen LogP contribution in [0.3, 0.4) is 0 Å². The van der Waals surface area contributed by atoms with Gasteiger partial charge in [0, 0.05) is 18.0 Å². The second-order valence-electron chi connectivity index (χ2n) is 6.40. The van der Waals surface area contributed by atoms with Crippen LogP contribution < -0.4 is 0 Å². The van der Waals surface area contributed by atoms with Crippen molar-refractivity contribution >= 4 is 11.8 Å². The Hall–Kier alpha value is -1.96. The van der Waals surface area contributed by atoms with Gasteiger partial charge < -0.3 is 0 Å². The van der Waals surface area contributed by atoms with E-state index in [1.54, 1.807) is 0 Å². The van der Waals surface area contributed by atoms with E-state index in [2.05, 4.69) is 79.1 Å². The van der Waals surface area contributed by atoms with Gasteiger partial charge in [-0.1, -0.05) is 24.3 Å². The second-order valence-corrected chi connectivity index (χ2v) is 6.40. The summed E-state index contributed by atoms with van der Waals surface area (Å²) in [6, 6.07) is 4.57. The summed E-state index contributed by atoms with van der Waals surface area (Å²) >= 11 is 0. The highest BCUT2D eigenvalue weighted by Crippen LogP contribution is 2.29. The van der Waals surface area contributed by atoms with Gasteiger partial charge in [0.05, 0.1) is 5.92 Å². The van der Waals surface area contributed by atoms with Crippen LogP contribution in [0.4, 0.5) is 0 Å². The van der Waals surface area contributed by atoms with Gasteiger partial charge in [-0.05, 0) is 44.5 Å². The molecule has 0 spiro atoms. The topological polar surface area (TPSA) is 15.9 Å². The van der Waals surface area contributed by atoms with Crippen LogP contribution >= 0.6 is 0 Å². The molecule has 2 aliphatic rings. The van der Waals surface area contributed by atoms with E-state index in [-0.39, 0.29) is 5.54 Å². The number of hydrogen-bond donors (Lipinski definition) is 0. The maximum absolute atomic E-state index is 4.11. The summed E-state index contributed by atoms with van der Waals surface area (Å²) in [5, 5.41) is 0. The molecule has 1 aromatic rings. The third-order valence-electron chi connectivity index (χ3n) is 3.91. The number of allylic oxidation sites excluding steroid dienone is 3.